The number of esters is 1. The Balaban J connectivity index is 1.60. The highest BCUT2D eigenvalue weighted by Crippen LogP contribution is 2.30. The smallest absolute Gasteiger partial charge is 0.341 e. The second-order valence-electron chi connectivity index (χ2n) is 6.81. The monoisotopic (exact) mass is 483 g/mol. The van der Waals surface area contributed by atoms with Crippen molar-refractivity contribution in [2.75, 3.05) is 30.8 Å². The van der Waals surface area contributed by atoms with Gasteiger partial charge in [0.25, 0.3) is 0 Å². The fourth-order valence-corrected chi connectivity index (χ4v) is 6.16. The van der Waals surface area contributed by atoms with Crippen LogP contribution in [0, 0.1) is 0 Å². The number of amides is 1. The summed E-state index contributed by atoms with van der Waals surface area (Å²) in [6.07, 6.45) is 3.83. The highest BCUT2D eigenvalue weighted by Gasteiger charge is 2.27. The van der Waals surface area contributed by atoms with Gasteiger partial charge < -0.3 is 10.1 Å². The first-order valence-electron chi connectivity index (χ1n) is 10.0. The van der Waals surface area contributed by atoms with E-state index in [2.05, 4.69) is 10.3 Å². The molecule has 2 aromatic rings. The van der Waals surface area contributed by atoms with Crippen LogP contribution in [0.2, 0.25) is 0 Å². The SMILES string of the molecule is CCOC(=O)c1cc(CC)sc1NC(=O)CSc1ccc(S(=O)(=O)N2CCCC2)cn1. The lowest BCUT2D eigenvalue weighted by Crippen LogP contribution is -2.27. The number of carbonyl (C=O) groups excluding carboxylic acids is 2. The number of sulfonamides is 1. The minimum atomic E-state index is -3.51. The van der Waals surface area contributed by atoms with Crippen LogP contribution >= 0.6 is 23.1 Å². The minimum absolute atomic E-state index is 0.0762. The van der Waals surface area contributed by atoms with Crippen molar-refractivity contribution in [2.24, 2.45) is 0 Å². The Kier molecular flexibility index (Phi) is 8.09. The van der Waals surface area contributed by atoms with E-state index in [1.54, 1.807) is 19.1 Å². The van der Waals surface area contributed by atoms with E-state index in [-0.39, 0.29) is 23.2 Å². The summed E-state index contributed by atoms with van der Waals surface area (Å²) in [5, 5.41) is 3.79. The Hall–Kier alpha value is -1.95. The maximum atomic E-state index is 12.6. The van der Waals surface area contributed by atoms with Crippen molar-refractivity contribution in [3.63, 3.8) is 0 Å². The van der Waals surface area contributed by atoms with Crippen molar-refractivity contribution in [1.29, 1.82) is 0 Å². The Morgan fingerprint density at radius 3 is 2.61 bits per heavy atom. The second kappa shape index (κ2) is 10.6. The summed E-state index contributed by atoms with van der Waals surface area (Å²) in [4.78, 5) is 29.9. The van der Waals surface area contributed by atoms with Crippen LogP contribution in [0.3, 0.4) is 0 Å². The van der Waals surface area contributed by atoms with Crippen molar-refractivity contribution in [1.82, 2.24) is 9.29 Å². The number of nitrogens with one attached hydrogen (secondary N) is 1. The predicted octanol–water partition coefficient (Wildman–Crippen LogP) is 3.40. The number of aromatic nitrogens is 1. The van der Waals surface area contributed by atoms with E-state index in [1.165, 1.54) is 39.7 Å². The fraction of sp³-hybridized carbons (Fsp3) is 0.450. The third kappa shape index (κ3) is 5.85. The van der Waals surface area contributed by atoms with Gasteiger partial charge in [-0.15, -0.1) is 11.3 Å². The average Bonchev–Trinajstić information content (AvgIpc) is 3.43. The van der Waals surface area contributed by atoms with Crippen molar-refractivity contribution < 1.29 is 22.7 Å². The Morgan fingerprint density at radius 2 is 2.00 bits per heavy atom. The number of thiophene rings is 1. The quantitative estimate of drug-likeness (QED) is 0.430. The molecule has 3 heterocycles. The third-order valence-electron chi connectivity index (χ3n) is 4.64. The van der Waals surface area contributed by atoms with Crippen LogP contribution < -0.4 is 5.32 Å². The molecule has 168 valence electrons. The van der Waals surface area contributed by atoms with Gasteiger partial charge in [-0.1, -0.05) is 18.7 Å². The van der Waals surface area contributed by atoms with Crippen molar-refractivity contribution in [3.8, 4) is 0 Å². The molecule has 0 bridgehead atoms. The lowest BCUT2D eigenvalue weighted by Gasteiger charge is -2.15. The molecule has 1 saturated heterocycles. The van der Waals surface area contributed by atoms with Gasteiger partial charge in [-0.05, 0) is 44.4 Å². The van der Waals surface area contributed by atoms with Gasteiger partial charge in [0.15, 0.2) is 0 Å². The molecule has 11 heteroatoms. The van der Waals surface area contributed by atoms with Crippen LogP contribution in [-0.2, 0) is 26.0 Å². The summed E-state index contributed by atoms with van der Waals surface area (Å²) in [6, 6.07) is 4.87. The van der Waals surface area contributed by atoms with Crippen LogP contribution in [0.15, 0.2) is 34.3 Å². The van der Waals surface area contributed by atoms with Gasteiger partial charge in [0.05, 0.1) is 22.9 Å². The van der Waals surface area contributed by atoms with Gasteiger partial charge in [0.1, 0.15) is 9.90 Å². The van der Waals surface area contributed by atoms with E-state index in [0.717, 1.165) is 24.1 Å². The molecule has 1 aliphatic rings. The van der Waals surface area contributed by atoms with Gasteiger partial charge in [-0.2, -0.15) is 4.31 Å². The lowest BCUT2D eigenvalue weighted by atomic mass is 10.2. The summed E-state index contributed by atoms with van der Waals surface area (Å²) in [5.74, 6) is -0.666. The molecular weight excluding hydrogens is 458 g/mol. The molecule has 0 atom stereocenters. The molecule has 0 aromatic carbocycles. The Morgan fingerprint density at radius 1 is 1.26 bits per heavy atom. The average molecular weight is 484 g/mol. The number of anilines is 1. The maximum absolute atomic E-state index is 12.6. The predicted molar refractivity (Wildman–Crippen MR) is 121 cm³/mol. The summed E-state index contributed by atoms with van der Waals surface area (Å²) >= 11 is 2.54. The van der Waals surface area contributed by atoms with E-state index in [1.807, 2.05) is 6.92 Å². The lowest BCUT2D eigenvalue weighted by molar-refractivity contribution is -0.113. The maximum Gasteiger partial charge on any atom is 0.341 e. The molecule has 0 aliphatic carbocycles. The molecule has 1 N–H and O–H groups in total. The number of thioether (sulfide) groups is 1. The van der Waals surface area contributed by atoms with Gasteiger partial charge in [0.2, 0.25) is 15.9 Å². The topological polar surface area (TPSA) is 106 Å². The first-order chi connectivity index (χ1) is 14.8. The zero-order chi connectivity index (χ0) is 22.4. The third-order valence-corrected chi connectivity index (χ3v) is 8.66. The molecule has 3 rings (SSSR count). The molecule has 0 spiro atoms. The van der Waals surface area contributed by atoms with Gasteiger partial charge >= 0.3 is 5.97 Å². The number of carbonyl (C=O) groups is 2. The first kappa shape index (κ1) is 23.7. The number of pyridine rings is 1. The minimum Gasteiger partial charge on any atom is -0.462 e. The fourth-order valence-electron chi connectivity index (χ4n) is 3.05. The number of nitrogens with zero attached hydrogens (tertiary/aromatic N) is 2. The first-order valence-corrected chi connectivity index (χ1v) is 13.3. The standard InChI is InChI=1S/C20H25N3O5S3/c1-3-14-11-16(20(25)28-4-2)19(30-14)22-17(24)13-29-18-8-7-15(12-21-18)31(26,27)23-9-5-6-10-23/h7-8,11-12H,3-6,9-10,13H2,1-2H3,(H,22,24). The molecular formula is C20H25N3O5S3. The molecule has 2 aromatic heterocycles. The number of aryl methyl sites for hydroxylation is 1. The van der Waals surface area contributed by atoms with E-state index >= 15 is 0 Å². The zero-order valence-electron chi connectivity index (χ0n) is 17.4. The van der Waals surface area contributed by atoms with E-state index in [0.29, 0.717) is 28.7 Å². The van der Waals surface area contributed by atoms with Crippen molar-refractivity contribution in [3.05, 3.63) is 34.8 Å². The number of ether oxygens (including phenoxy) is 1. The zero-order valence-corrected chi connectivity index (χ0v) is 19.9. The van der Waals surface area contributed by atoms with Gasteiger partial charge in [-0.3, -0.25) is 4.79 Å². The Labute approximate surface area is 190 Å². The molecule has 31 heavy (non-hydrogen) atoms. The summed E-state index contributed by atoms with van der Waals surface area (Å²) in [5.41, 5.74) is 0.358. The van der Waals surface area contributed by atoms with E-state index in [9.17, 15) is 18.0 Å². The summed E-state index contributed by atoms with van der Waals surface area (Å²) < 4.78 is 31.6. The molecule has 1 amide bonds. The van der Waals surface area contributed by atoms with Gasteiger partial charge in [0, 0.05) is 24.2 Å². The largest absolute Gasteiger partial charge is 0.462 e. The van der Waals surface area contributed by atoms with Crippen LogP contribution in [0.4, 0.5) is 5.00 Å². The molecule has 1 aliphatic heterocycles. The van der Waals surface area contributed by atoms with Crippen LogP contribution in [0.5, 0.6) is 0 Å². The van der Waals surface area contributed by atoms with Crippen molar-refractivity contribution >= 4 is 50.0 Å². The summed E-state index contributed by atoms with van der Waals surface area (Å²) in [6.45, 7) is 5.04. The normalized spacial score (nSPS) is 14.5. The highest BCUT2D eigenvalue weighted by molar-refractivity contribution is 7.99. The van der Waals surface area contributed by atoms with Gasteiger partial charge in [-0.25, -0.2) is 18.2 Å². The number of hydrogen-bond donors (Lipinski definition) is 1. The van der Waals surface area contributed by atoms with Crippen molar-refractivity contribution in [2.45, 2.75) is 43.0 Å². The van der Waals surface area contributed by atoms with E-state index in [4.69, 9.17) is 4.74 Å². The second-order valence-corrected chi connectivity index (χ2v) is 10.9. The van der Waals surface area contributed by atoms with Crippen LogP contribution in [0.1, 0.15) is 41.9 Å². The van der Waals surface area contributed by atoms with Crippen LogP contribution in [-0.4, -0.2) is 55.0 Å². The number of hydrogen-bond acceptors (Lipinski definition) is 8. The highest BCUT2D eigenvalue weighted by atomic mass is 32.2. The van der Waals surface area contributed by atoms with E-state index < -0.39 is 16.0 Å². The molecule has 0 unspecified atom stereocenters. The number of rotatable bonds is 9. The van der Waals surface area contributed by atoms with Crippen LogP contribution in [0.25, 0.3) is 0 Å². The molecule has 8 nitrogen and oxygen atoms in total. The summed E-state index contributed by atoms with van der Waals surface area (Å²) in [7, 11) is -3.51. The molecule has 0 saturated carbocycles. The molecule has 0 radical (unpaired) electrons. The molecule has 1 fully saturated rings. The Bertz CT molecular complexity index is 1030.